The highest BCUT2D eigenvalue weighted by Crippen LogP contribution is 2.40. The van der Waals surface area contributed by atoms with E-state index in [1.165, 1.54) is 4.90 Å². The number of amides is 1. The third kappa shape index (κ3) is 1.88. The van der Waals surface area contributed by atoms with Gasteiger partial charge in [-0.3, -0.25) is 0 Å². The molecule has 4 nitrogen and oxygen atoms in total. The van der Waals surface area contributed by atoms with Crippen molar-refractivity contribution in [3.05, 3.63) is 0 Å². The summed E-state index contributed by atoms with van der Waals surface area (Å²) in [6.45, 7) is 5.74. The van der Waals surface area contributed by atoms with Gasteiger partial charge >= 0.3 is 6.09 Å². The molecule has 92 valence electrons. The van der Waals surface area contributed by atoms with E-state index in [1.54, 1.807) is 20.8 Å². The molecule has 5 heteroatoms. The second kappa shape index (κ2) is 3.58. The quantitative estimate of drug-likeness (QED) is 0.684. The maximum atomic E-state index is 13.6. The fourth-order valence-electron chi connectivity index (χ4n) is 2.47. The summed E-state index contributed by atoms with van der Waals surface area (Å²) >= 11 is 0. The zero-order valence-corrected chi connectivity index (χ0v) is 9.81. The zero-order valence-electron chi connectivity index (χ0n) is 9.81. The molecule has 1 aliphatic carbocycles. The number of carbonyl (C=O) groups is 1. The molecule has 1 N–H and O–H groups in total. The molecule has 2 bridgehead atoms. The van der Waals surface area contributed by atoms with Crippen LogP contribution in [0.1, 0.15) is 27.2 Å². The van der Waals surface area contributed by atoms with E-state index in [2.05, 4.69) is 0 Å². The van der Waals surface area contributed by atoms with E-state index in [9.17, 15) is 14.3 Å². The number of carbonyl (C=O) groups excluding carboxylic acids is 1. The Balaban J connectivity index is 2.01. The predicted molar refractivity (Wildman–Crippen MR) is 55.7 cm³/mol. The molecule has 1 saturated heterocycles. The molecule has 4 atom stereocenters. The summed E-state index contributed by atoms with van der Waals surface area (Å²) in [4.78, 5) is 13.2. The van der Waals surface area contributed by atoms with Gasteiger partial charge in [0.1, 0.15) is 11.8 Å². The van der Waals surface area contributed by atoms with Gasteiger partial charge in [0.25, 0.3) is 0 Å². The van der Waals surface area contributed by atoms with Crippen LogP contribution in [0.2, 0.25) is 0 Å². The molecule has 0 aromatic heterocycles. The third-order valence-electron chi connectivity index (χ3n) is 3.18. The highest BCUT2D eigenvalue weighted by Gasteiger charge is 2.54. The van der Waals surface area contributed by atoms with Crippen molar-refractivity contribution in [1.29, 1.82) is 0 Å². The Hall–Kier alpha value is -0.840. The normalized spacial score (nSPS) is 37.9. The minimum atomic E-state index is -1.33. The van der Waals surface area contributed by atoms with Crippen molar-refractivity contribution < 1.29 is 19.0 Å². The van der Waals surface area contributed by atoms with Crippen molar-refractivity contribution in [2.75, 3.05) is 6.54 Å². The largest absolute Gasteiger partial charge is 0.444 e. The second-order valence-electron chi connectivity index (χ2n) is 5.63. The number of aliphatic hydroxyl groups excluding tert-OH is 1. The lowest BCUT2D eigenvalue weighted by Gasteiger charge is -2.33. The first kappa shape index (κ1) is 11.6. The molecule has 0 radical (unpaired) electrons. The average molecular weight is 231 g/mol. The van der Waals surface area contributed by atoms with Crippen LogP contribution in [0, 0.1) is 5.92 Å². The SMILES string of the molecule is CC(C)(C)OC(=O)N1CC2C[C@@H]1[C@@H](F)[C@@H]2O. The van der Waals surface area contributed by atoms with Crippen LogP contribution in [0.25, 0.3) is 0 Å². The monoisotopic (exact) mass is 231 g/mol. The molecule has 0 aromatic carbocycles. The van der Waals surface area contributed by atoms with Crippen LogP contribution in [0.3, 0.4) is 0 Å². The Morgan fingerprint density at radius 1 is 1.50 bits per heavy atom. The van der Waals surface area contributed by atoms with E-state index in [0.717, 1.165) is 0 Å². The topological polar surface area (TPSA) is 49.8 Å². The van der Waals surface area contributed by atoms with Crippen LogP contribution in [0.4, 0.5) is 9.18 Å². The molecule has 0 aromatic rings. The van der Waals surface area contributed by atoms with Gasteiger partial charge in [-0.25, -0.2) is 9.18 Å². The molecule has 16 heavy (non-hydrogen) atoms. The number of piperidine rings is 1. The van der Waals surface area contributed by atoms with Crippen molar-refractivity contribution in [2.45, 2.75) is 51.1 Å². The predicted octanol–water partition coefficient (Wildman–Crippen LogP) is 1.32. The number of hydrogen-bond acceptors (Lipinski definition) is 3. The van der Waals surface area contributed by atoms with Crippen LogP contribution in [-0.2, 0) is 4.74 Å². The van der Waals surface area contributed by atoms with E-state index in [0.29, 0.717) is 13.0 Å². The first-order valence-electron chi connectivity index (χ1n) is 5.61. The maximum Gasteiger partial charge on any atom is 0.410 e. The first-order chi connectivity index (χ1) is 7.29. The molecule has 1 unspecified atom stereocenters. The highest BCUT2D eigenvalue weighted by molar-refractivity contribution is 5.69. The van der Waals surface area contributed by atoms with Crippen molar-refractivity contribution in [1.82, 2.24) is 4.90 Å². The molecular formula is C11H18FNO3. The van der Waals surface area contributed by atoms with Crippen molar-refractivity contribution in [2.24, 2.45) is 5.92 Å². The third-order valence-corrected chi connectivity index (χ3v) is 3.18. The molecule has 2 aliphatic rings. The summed E-state index contributed by atoms with van der Waals surface area (Å²) in [5.74, 6) is -0.132. The first-order valence-corrected chi connectivity index (χ1v) is 5.61. The van der Waals surface area contributed by atoms with Crippen molar-refractivity contribution in [3.8, 4) is 0 Å². The summed E-state index contributed by atoms with van der Waals surface area (Å²) < 4.78 is 18.8. The van der Waals surface area contributed by atoms with Gasteiger partial charge in [0.05, 0.1) is 12.1 Å². The molecule has 1 amide bonds. The maximum absolute atomic E-state index is 13.6. The van der Waals surface area contributed by atoms with Crippen molar-refractivity contribution >= 4 is 6.09 Å². The number of alkyl halides is 1. The number of hydrogen-bond donors (Lipinski definition) is 1. The Morgan fingerprint density at radius 3 is 2.56 bits per heavy atom. The molecule has 1 saturated carbocycles. The van der Waals surface area contributed by atoms with E-state index in [4.69, 9.17) is 4.74 Å². The van der Waals surface area contributed by atoms with Crippen molar-refractivity contribution in [3.63, 3.8) is 0 Å². The van der Waals surface area contributed by atoms with E-state index < -0.39 is 30.0 Å². The lowest BCUT2D eigenvalue weighted by Crippen LogP contribution is -2.50. The standard InChI is InChI=1S/C11H18FNO3/c1-11(2,3)16-10(15)13-5-6-4-7(13)8(12)9(6)14/h6-9,14H,4-5H2,1-3H3/t6?,7-,8-,9-/m1/s1. The van der Waals surface area contributed by atoms with Gasteiger partial charge < -0.3 is 14.7 Å². The number of ether oxygens (including phenoxy) is 1. The van der Waals surface area contributed by atoms with Gasteiger partial charge in [-0.1, -0.05) is 0 Å². The second-order valence-corrected chi connectivity index (χ2v) is 5.63. The molecule has 1 aliphatic heterocycles. The van der Waals surface area contributed by atoms with Gasteiger partial charge in [0.2, 0.25) is 0 Å². The summed E-state index contributed by atoms with van der Waals surface area (Å²) in [5.41, 5.74) is -0.566. The highest BCUT2D eigenvalue weighted by atomic mass is 19.1. The van der Waals surface area contributed by atoms with Crippen LogP contribution < -0.4 is 0 Å². The number of aliphatic hydroxyl groups is 1. The minimum Gasteiger partial charge on any atom is -0.444 e. The molecule has 2 fully saturated rings. The van der Waals surface area contributed by atoms with Gasteiger partial charge in [0, 0.05) is 12.5 Å². The fraction of sp³-hybridized carbons (Fsp3) is 0.909. The Kier molecular flexibility index (Phi) is 2.61. The van der Waals surface area contributed by atoms with Crippen LogP contribution in [-0.4, -0.2) is 46.6 Å². The summed E-state index contributed by atoms with van der Waals surface area (Å²) in [6, 6.07) is -0.505. The number of rotatable bonds is 0. The molecule has 2 rings (SSSR count). The molecular weight excluding hydrogens is 213 g/mol. The summed E-state index contributed by atoms with van der Waals surface area (Å²) in [5, 5.41) is 9.47. The van der Waals surface area contributed by atoms with Gasteiger partial charge in [0.15, 0.2) is 0 Å². The number of halogens is 1. The number of likely N-dealkylation sites (tertiary alicyclic amines) is 1. The molecule has 1 heterocycles. The smallest absolute Gasteiger partial charge is 0.410 e. The van der Waals surface area contributed by atoms with E-state index >= 15 is 0 Å². The van der Waals surface area contributed by atoms with Crippen LogP contribution >= 0.6 is 0 Å². The number of nitrogens with zero attached hydrogens (tertiary/aromatic N) is 1. The van der Waals surface area contributed by atoms with Gasteiger partial charge in [-0.05, 0) is 27.2 Å². The lowest BCUT2D eigenvalue weighted by atomic mass is 10.1. The fourth-order valence-corrected chi connectivity index (χ4v) is 2.47. The van der Waals surface area contributed by atoms with E-state index in [-0.39, 0.29) is 5.92 Å². The summed E-state index contributed by atoms with van der Waals surface area (Å²) in [6.07, 6.45) is -2.17. The van der Waals surface area contributed by atoms with Crippen LogP contribution in [0.15, 0.2) is 0 Å². The van der Waals surface area contributed by atoms with E-state index in [1.807, 2.05) is 0 Å². The van der Waals surface area contributed by atoms with Gasteiger partial charge in [-0.15, -0.1) is 0 Å². The Bertz CT molecular complexity index is 300. The zero-order chi connectivity index (χ0) is 12.1. The van der Waals surface area contributed by atoms with Gasteiger partial charge in [-0.2, -0.15) is 0 Å². The average Bonchev–Trinajstić information content (AvgIpc) is 2.65. The minimum absolute atomic E-state index is 0.132. The Labute approximate surface area is 94.4 Å². The molecule has 0 spiro atoms. The Morgan fingerprint density at radius 2 is 2.12 bits per heavy atom. The number of fused-ring (bicyclic) bond motifs is 2. The summed E-state index contributed by atoms with van der Waals surface area (Å²) in [7, 11) is 0. The lowest BCUT2D eigenvalue weighted by molar-refractivity contribution is -0.0215. The van der Waals surface area contributed by atoms with Crippen LogP contribution in [0.5, 0.6) is 0 Å².